The lowest BCUT2D eigenvalue weighted by Crippen LogP contribution is -2.59. The SMILES string of the molecule is O=C(N[C@@H](CNC(=O)N1CCC2(CC1)C(=O)N(Cc1ccccc1)CN2c1ccccc1)C(=O)O)c1c(F)cccc1F. The molecule has 0 aromatic heterocycles. The molecule has 0 aliphatic carbocycles. The molecule has 2 saturated heterocycles. The fourth-order valence-electron chi connectivity index (χ4n) is 5.65. The van der Waals surface area contributed by atoms with E-state index in [1.165, 1.54) is 4.90 Å². The highest BCUT2D eigenvalue weighted by atomic mass is 19.1. The van der Waals surface area contributed by atoms with Crippen LogP contribution in [0.1, 0.15) is 28.8 Å². The zero-order chi connectivity index (χ0) is 30.6. The third kappa shape index (κ3) is 6.13. The molecule has 1 spiro atoms. The van der Waals surface area contributed by atoms with Gasteiger partial charge >= 0.3 is 12.0 Å². The number of piperidine rings is 1. The van der Waals surface area contributed by atoms with Crippen LogP contribution in [0, 0.1) is 11.6 Å². The van der Waals surface area contributed by atoms with Gasteiger partial charge in [-0.25, -0.2) is 18.4 Å². The molecule has 2 heterocycles. The molecule has 0 saturated carbocycles. The first kappa shape index (κ1) is 29.5. The van der Waals surface area contributed by atoms with Crippen LogP contribution in [0.15, 0.2) is 78.9 Å². The van der Waals surface area contributed by atoms with Gasteiger partial charge in [-0.15, -0.1) is 0 Å². The maximum absolute atomic E-state index is 14.0. The van der Waals surface area contributed by atoms with E-state index in [4.69, 9.17) is 0 Å². The minimum absolute atomic E-state index is 0.0192. The Hall–Kier alpha value is -5.00. The van der Waals surface area contributed by atoms with E-state index < -0.39 is 53.2 Å². The number of aliphatic carboxylic acids is 1. The number of hydrogen-bond acceptors (Lipinski definition) is 5. The van der Waals surface area contributed by atoms with Crippen molar-refractivity contribution in [3.63, 3.8) is 0 Å². The summed E-state index contributed by atoms with van der Waals surface area (Å²) in [4.78, 5) is 56.5. The van der Waals surface area contributed by atoms with E-state index in [9.17, 15) is 33.1 Å². The van der Waals surface area contributed by atoms with Crippen LogP contribution in [0.3, 0.4) is 0 Å². The maximum atomic E-state index is 14.0. The van der Waals surface area contributed by atoms with Gasteiger partial charge in [-0.05, 0) is 42.7 Å². The van der Waals surface area contributed by atoms with Crippen molar-refractivity contribution >= 4 is 29.5 Å². The number of carboxylic acids is 1. The predicted molar refractivity (Wildman–Crippen MR) is 153 cm³/mol. The number of likely N-dealkylation sites (tertiary alicyclic amines) is 1. The minimum atomic E-state index is -1.64. The number of para-hydroxylation sites is 1. The summed E-state index contributed by atoms with van der Waals surface area (Å²) < 4.78 is 28.0. The minimum Gasteiger partial charge on any atom is -0.480 e. The molecule has 0 unspecified atom stereocenters. The fourth-order valence-corrected chi connectivity index (χ4v) is 5.65. The highest BCUT2D eigenvalue weighted by Crippen LogP contribution is 2.40. The number of urea groups is 1. The number of benzene rings is 3. The first-order valence-corrected chi connectivity index (χ1v) is 13.9. The van der Waals surface area contributed by atoms with Crippen LogP contribution in [0.5, 0.6) is 0 Å². The molecule has 2 aliphatic rings. The molecule has 0 bridgehead atoms. The van der Waals surface area contributed by atoms with Crippen molar-refractivity contribution in [2.75, 3.05) is 31.2 Å². The fraction of sp³-hybridized carbons (Fsp3) is 0.290. The number of rotatable bonds is 8. The van der Waals surface area contributed by atoms with Gasteiger partial charge < -0.3 is 30.4 Å². The second-order valence-corrected chi connectivity index (χ2v) is 10.6. The van der Waals surface area contributed by atoms with Gasteiger partial charge in [-0.1, -0.05) is 54.6 Å². The number of carbonyl (C=O) groups excluding carboxylic acids is 3. The summed E-state index contributed by atoms with van der Waals surface area (Å²) in [6.07, 6.45) is 0.705. The number of carbonyl (C=O) groups is 4. The molecule has 1 atom stereocenters. The molecule has 43 heavy (non-hydrogen) atoms. The van der Waals surface area contributed by atoms with Gasteiger partial charge in [0.1, 0.15) is 28.8 Å². The lowest BCUT2D eigenvalue weighted by Gasteiger charge is -2.43. The Morgan fingerprint density at radius 2 is 1.49 bits per heavy atom. The number of halogens is 2. The van der Waals surface area contributed by atoms with E-state index in [1.54, 1.807) is 0 Å². The van der Waals surface area contributed by atoms with E-state index in [-0.39, 0.29) is 19.0 Å². The van der Waals surface area contributed by atoms with Crippen LogP contribution < -0.4 is 15.5 Å². The Morgan fingerprint density at radius 1 is 0.884 bits per heavy atom. The first-order valence-electron chi connectivity index (χ1n) is 13.9. The average molecular weight is 592 g/mol. The van der Waals surface area contributed by atoms with E-state index >= 15 is 0 Å². The van der Waals surface area contributed by atoms with E-state index in [2.05, 4.69) is 15.5 Å². The van der Waals surface area contributed by atoms with Crippen LogP contribution in [0.2, 0.25) is 0 Å². The normalized spacial score (nSPS) is 16.7. The Bertz CT molecular complexity index is 1480. The summed E-state index contributed by atoms with van der Waals surface area (Å²) in [6.45, 7) is 0.785. The molecule has 3 aromatic carbocycles. The largest absolute Gasteiger partial charge is 0.480 e. The molecule has 0 radical (unpaired) electrons. The van der Waals surface area contributed by atoms with Crippen molar-refractivity contribution in [3.05, 3.63) is 102 Å². The monoisotopic (exact) mass is 591 g/mol. The molecular formula is C31H31F2N5O5. The second-order valence-electron chi connectivity index (χ2n) is 10.6. The van der Waals surface area contributed by atoms with Crippen molar-refractivity contribution in [2.24, 2.45) is 0 Å². The van der Waals surface area contributed by atoms with E-state index in [0.29, 0.717) is 26.1 Å². The zero-order valence-electron chi connectivity index (χ0n) is 23.2. The topological polar surface area (TPSA) is 122 Å². The lowest BCUT2D eigenvalue weighted by atomic mass is 9.85. The highest BCUT2D eigenvalue weighted by molar-refractivity contribution is 5.97. The van der Waals surface area contributed by atoms with Gasteiger partial charge in [0.05, 0.1) is 13.2 Å². The summed E-state index contributed by atoms with van der Waals surface area (Å²) in [5.41, 5.74) is 0.145. The van der Waals surface area contributed by atoms with Gasteiger partial charge in [0, 0.05) is 25.3 Å². The molecule has 2 aliphatic heterocycles. The quantitative estimate of drug-likeness (QED) is 0.370. The number of nitrogens with one attached hydrogen (secondary N) is 2. The van der Waals surface area contributed by atoms with Gasteiger partial charge in [-0.2, -0.15) is 0 Å². The molecule has 3 N–H and O–H groups in total. The molecule has 2 fully saturated rings. The van der Waals surface area contributed by atoms with Crippen LogP contribution >= 0.6 is 0 Å². The zero-order valence-corrected chi connectivity index (χ0v) is 23.2. The Morgan fingerprint density at radius 3 is 2.09 bits per heavy atom. The number of nitrogens with zero attached hydrogens (tertiary/aromatic N) is 3. The number of amides is 4. The summed E-state index contributed by atoms with van der Waals surface area (Å²) in [5, 5.41) is 14.1. The number of carboxylic acid groups (broad SMARTS) is 1. The Balaban J connectivity index is 1.24. The molecule has 224 valence electrons. The van der Waals surface area contributed by atoms with Gasteiger partial charge in [-0.3, -0.25) is 9.59 Å². The van der Waals surface area contributed by atoms with E-state index in [0.717, 1.165) is 29.4 Å². The molecule has 12 heteroatoms. The van der Waals surface area contributed by atoms with Gasteiger partial charge in [0.15, 0.2) is 0 Å². The summed E-state index contributed by atoms with van der Waals surface area (Å²) in [5.74, 6) is -5.04. The third-order valence-corrected chi connectivity index (χ3v) is 7.93. The lowest BCUT2D eigenvalue weighted by molar-refractivity contribution is -0.139. The predicted octanol–water partition coefficient (Wildman–Crippen LogP) is 3.20. The Kier molecular flexibility index (Phi) is 8.56. The Labute approximate surface area is 246 Å². The van der Waals surface area contributed by atoms with Crippen molar-refractivity contribution in [1.29, 1.82) is 0 Å². The van der Waals surface area contributed by atoms with Crippen LogP contribution in [-0.2, 0) is 16.1 Å². The molecule has 4 amide bonds. The molecule has 5 rings (SSSR count). The second kappa shape index (κ2) is 12.5. The molecular weight excluding hydrogens is 560 g/mol. The van der Waals surface area contributed by atoms with Gasteiger partial charge in [0.25, 0.3) is 5.91 Å². The first-order chi connectivity index (χ1) is 20.7. The number of hydrogen-bond donors (Lipinski definition) is 3. The maximum Gasteiger partial charge on any atom is 0.328 e. The van der Waals surface area contributed by atoms with Crippen LogP contribution in [0.4, 0.5) is 19.3 Å². The van der Waals surface area contributed by atoms with Crippen molar-refractivity contribution in [2.45, 2.75) is 31.0 Å². The average Bonchev–Trinajstić information content (AvgIpc) is 3.26. The van der Waals surface area contributed by atoms with Crippen LogP contribution in [0.25, 0.3) is 0 Å². The van der Waals surface area contributed by atoms with Crippen molar-refractivity contribution < 1.29 is 33.1 Å². The highest BCUT2D eigenvalue weighted by Gasteiger charge is 2.54. The van der Waals surface area contributed by atoms with E-state index in [1.807, 2.05) is 65.6 Å². The smallest absolute Gasteiger partial charge is 0.328 e. The summed E-state index contributed by atoms with van der Waals surface area (Å²) in [6, 6.07) is 20.0. The molecule has 10 nitrogen and oxygen atoms in total. The third-order valence-electron chi connectivity index (χ3n) is 7.93. The van der Waals surface area contributed by atoms with Crippen molar-refractivity contribution in [1.82, 2.24) is 20.4 Å². The van der Waals surface area contributed by atoms with Gasteiger partial charge in [0.2, 0.25) is 5.91 Å². The standard InChI is InChI=1S/C31H31F2N5O5/c32-23-12-7-13-24(33)26(23)27(39)35-25(28(40)41)18-34-30(43)36-16-14-31(15-17-36)29(42)37(19-21-8-3-1-4-9-21)20-38(31)22-10-5-2-6-11-22/h1-13,25H,14-20H2,(H,34,43)(H,35,39)(H,40,41)/t25-/m0/s1. The summed E-state index contributed by atoms with van der Waals surface area (Å²) in [7, 11) is 0. The molecule has 3 aromatic rings. The number of anilines is 1. The summed E-state index contributed by atoms with van der Waals surface area (Å²) >= 11 is 0. The van der Waals surface area contributed by atoms with Crippen LogP contribution in [-0.4, -0.2) is 76.6 Å². The van der Waals surface area contributed by atoms with Crippen molar-refractivity contribution in [3.8, 4) is 0 Å².